The molecule has 0 spiro atoms. The van der Waals surface area contributed by atoms with E-state index in [2.05, 4.69) is 50.4 Å². The molecule has 0 aromatic heterocycles. The van der Waals surface area contributed by atoms with E-state index in [1.807, 2.05) is 38.1 Å². The molecule has 162 valence electrons. The normalized spacial score (nSPS) is 14.9. The molecule has 0 fully saturated rings. The smallest absolute Gasteiger partial charge is 0.384 e. The molecule has 0 amide bonds. The summed E-state index contributed by atoms with van der Waals surface area (Å²) in [5.74, 6) is 5.53. The van der Waals surface area contributed by atoms with E-state index in [-0.39, 0.29) is 23.2 Å². The van der Waals surface area contributed by atoms with Crippen LogP contribution in [0.5, 0.6) is 5.75 Å². The number of hydrogen-bond donors (Lipinski definition) is 0. The third-order valence-corrected chi connectivity index (χ3v) is 10.0. The summed E-state index contributed by atoms with van der Waals surface area (Å²) in [5.41, 5.74) is 1.03. The lowest BCUT2D eigenvalue weighted by Gasteiger charge is -2.41. The molecule has 5 nitrogen and oxygen atoms in total. The minimum Gasteiger partial charge on any atom is -0.497 e. The molecule has 1 aromatic carbocycles. The average Bonchev–Trinajstić information content (AvgIpc) is 2.65. The summed E-state index contributed by atoms with van der Waals surface area (Å²) in [6.07, 6.45) is -0.459. The molecule has 29 heavy (non-hydrogen) atoms. The van der Waals surface area contributed by atoms with E-state index in [9.17, 15) is 4.79 Å². The second-order valence-electron chi connectivity index (χ2n) is 8.76. The summed E-state index contributed by atoms with van der Waals surface area (Å²) in [4.78, 5) is 11.4. The minimum absolute atomic E-state index is 0.0860. The summed E-state index contributed by atoms with van der Waals surface area (Å²) in [6.45, 7) is 15.4. The van der Waals surface area contributed by atoms with Crippen LogP contribution in [0.4, 0.5) is 0 Å². The van der Waals surface area contributed by atoms with Crippen molar-refractivity contribution in [1.82, 2.24) is 0 Å². The maximum absolute atomic E-state index is 11.4. The highest BCUT2D eigenvalue weighted by molar-refractivity contribution is 6.74. The van der Waals surface area contributed by atoms with Gasteiger partial charge in [0.15, 0.2) is 8.32 Å². The molecule has 0 saturated heterocycles. The predicted molar refractivity (Wildman–Crippen MR) is 118 cm³/mol. The number of ether oxygens (including phenoxy) is 3. The van der Waals surface area contributed by atoms with Crippen molar-refractivity contribution in [3.63, 3.8) is 0 Å². The van der Waals surface area contributed by atoms with Crippen LogP contribution in [0, 0.1) is 17.8 Å². The zero-order valence-electron chi connectivity index (χ0n) is 19.3. The lowest BCUT2D eigenvalue weighted by Crippen LogP contribution is -2.47. The molecule has 0 unspecified atom stereocenters. The van der Waals surface area contributed by atoms with Gasteiger partial charge in [-0.2, -0.15) is 0 Å². The van der Waals surface area contributed by atoms with Gasteiger partial charge in [-0.15, -0.1) is 0 Å². The van der Waals surface area contributed by atoms with E-state index in [0.29, 0.717) is 6.61 Å². The van der Waals surface area contributed by atoms with Gasteiger partial charge in [0, 0.05) is 11.8 Å². The summed E-state index contributed by atoms with van der Waals surface area (Å²) >= 11 is 0. The van der Waals surface area contributed by atoms with Gasteiger partial charge in [-0.05, 0) is 49.7 Å². The summed E-state index contributed by atoms with van der Waals surface area (Å²) < 4.78 is 22.6. The van der Waals surface area contributed by atoms with Gasteiger partial charge in [-0.3, -0.25) is 0 Å². The Balaban J connectivity index is 2.99. The first-order chi connectivity index (χ1) is 13.4. The third-order valence-electron chi connectivity index (χ3n) is 5.43. The van der Waals surface area contributed by atoms with E-state index in [1.165, 1.54) is 7.11 Å². The zero-order valence-corrected chi connectivity index (χ0v) is 20.3. The van der Waals surface area contributed by atoms with Crippen LogP contribution in [0.2, 0.25) is 18.1 Å². The largest absolute Gasteiger partial charge is 0.497 e. The van der Waals surface area contributed by atoms with Gasteiger partial charge in [0.05, 0.1) is 33.0 Å². The fraction of sp³-hybridized carbons (Fsp3) is 0.609. The summed E-state index contributed by atoms with van der Waals surface area (Å²) in [7, 11) is 0.979. The Morgan fingerprint density at radius 1 is 1.10 bits per heavy atom. The van der Waals surface area contributed by atoms with Crippen LogP contribution in [0.1, 0.15) is 40.2 Å². The van der Waals surface area contributed by atoms with Crippen molar-refractivity contribution < 1.29 is 23.4 Å². The molecule has 1 aromatic rings. The average molecular weight is 421 g/mol. The number of carbonyl (C=O) groups excluding carboxylic acids is 1. The highest BCUT2D eigenvalue weighted by Gasteiger charge is 2.40. The molecule has 1 rings (SSSR count). The van der Waals surface area contributed by atoms with Crippen molar-refractivity contribution in [2.75, 3.05) is 14.2 Å². The molecular weight excluding hydrogens is 384 g/mol. The lowest BCUT2D eigenvalue weighted by molar-refractivity contribution is -0.133. The number of esters is 1. The predicted octanol–water partition coefficient (Wildman–Crippen LogP) is 4.80. The molecule has 0 N–H and O–H groups in total. The highest BCUT2D eigenvalue weighted by atomic mass is 28.4. The number of benzene rings is 1. The first kappa shape index (κ1) is 25.2. The van der Waals surface area contributed by atoms with Crippen LogP contribution in [0.3, 0.4) is 0 Å². The van der Waals surface area contributed by atoms with Crippen molar-refractivity contribution in [3.05, 3.63) is 29.8 Å². The monoisotopic (exact) mass is 420 g/mol. The number of rotatable bonds is 8. The van der Waals surface area contributed by atoms with Gasteiger partial charge in [-0.1, -0.05) is 38.8 Å². The van der Waals surface area contributed by atoms with Gasteiger partial charge >= 0.3 is 5.97 Å². The minimum atomic E-state index is -1.99. The summed E-state index contributed by atoms with van der Waals surface area (Å²) in [6, 6.07) is 7.76. The van der Waals surface area contributed by atoms with Crippen LogP contribution < -0.4 is 4.74 Å². The first-order valence-corrected chi connectivity index (χ1v) is 12.8. The molecule has 0 aliphatic carbocycles. The molecule has 6 heteroatoms. The molecule has 3 atom stereocenters. The molecule has 0 aliphatic heterocycles. The molecule has 0 saturated carbocycles. The Morgan fingerprint density at radius 3 is 2.17 bits per heavy atom. The van der Waals surface area contributed by atoms with Crippen molar-refractivity contribution in [3.8, 4) is 17.6 Å². The van der Waals surface area contributed by atoms with E-state index in [4.69, 9.17) is 13.9 Å². The maximum atomic E-state index is 11.4. The van der Waals surface area contributed by atoms with Gasteiger partial charge in [0.25, 0.3) is 0 Å². The molecule has 0 bridgehead atoms. The second-order valence-corrected chi connectivity index (χ2v) is 13.5. The molecular formula is C23H36O5Si. The number of methoxy groups -OCH3 is 2. The van der Waals surface area contributed by atoms with E-state index >= 15 is 0 Å². The van der Waals surface area contributed by atoms with Crippen LogP contribution in [0.15, 0.2) is 24.3 Å². The van der Waals surface area contributed by atoms with Crippen molar-refractivity contribution in [2.45, 2.75) is 71.6 Å². The maximum Gasteiger partial charge on any atom is 0.384 e. The van der Waals surface area contributed by atoms with E-state index in [0.717, 1.165) is 11.3 Å². The van der Waals surface area contributed by atoms with Crippen LogP contribution in [0.25, 0.3) is 0 Å². The van der Waals surface area contributed by atoms with Crippen LogP contribution >= 0.6 is 0 Å². The zero-order chi connectivity index (χ0) is 22.2. The highest BCUT2D eigenvalue weighted by Crippen LogP contribution is 2.38. The Labute approximate surface area is 177 Å². The Hall–Kier alpha value is -1.81. The topological polar surface area (TPSA) is 54.0 Å². The fourth-order valence-corrected chi connectivity index (χ4v) is 4.03. The Morgan fingerprint density at radius 2 is 1.69 bits per heavy atom. The fourth-order valence-electron chi connectivity index (χ4n) is 2.62. The van der Waals surface area contributed by atoms with Gasteiger partial charge in [0.1, 0.15) is 5.75 Å². The molecule has 0 radical (unpaired) electrons. The molecule has 0 aliphatic rings. The van der Waals surface area contributed by atoms with Crippen LogP contribution in [-0.4, -0.2) is 40.7 Å². The molecule has 0 heterocycles. The van der Waals surface area contributed by atoms with Gasteiger partial charge in [-0.25, -0.2) is 4.79 Å². The standard InChI is InChI=1S/C23H36O5Si/c1-17(10-15-21(24)26-7)22(18(2)28-29(8,9)23(3,4)5)27-16-19-11-13-20(25-6)14-12-19/h11-14,17-18,22H,16H2,1-9H3/t17-,18-,22-/m0/s1. The quantitative estimate of drug-likeness (QED) is 0.262. The summed E-state index contributed by atoms with van der Waals surface area (Å²) in [5, 5.41) is 0.0860. The SMILES string of the molecule is COC(=O)C#C[C@H](C)[C@H](OCc1ccc(OC)cc1)[C@H](C)O[Si](C)(C)C(C)(C)C. The number of hydrogen-bond acceptors (Lipinski definition) is 5. The second kappa shape index (κ2) is 10.8. The Bertz CT molecular complexity index is 710. The third kappa shape index (κ3) is 7.85. The van der Waals surface area contributed by atoms with Crippen molar-refractivity contribution in [2.24, 2.45) is 5.92 Å². The first-order valence-electron chi connectivity index (χ1n) is 9.93. The van der Waals surface area contributed by atoms with Gasteiger partial charge < -0.3 is 18.6 Å². The van der Waals surface area contributed by atoms with Crippen molar-refractivity contribution >= 4 is 14.3 Å². The van der Waals surface area contributed by atoms with Crippen LogP contribution in [-0.2, 0) is 25.3 Å². The van der Waals surface area contributed by atoms with E-state index in [1.54, 1.807) is 7.11 Å². The Kier molecular flexibility index (Phi) is 9.41. The van der Waals surface area contributed by atoms with Crippen molar-refractivity contribution in [1.29, 1.82) is 0 Å². The van der Waals surface area contributed by atoms with Gasteiger partial charge in [0.2, 0.25) is 0 Å². The van der Waals surface area contributed by atoms with E-state index < -0.39 is 14.3 Å². The lowest BCUT2D eigenvalue weighted by atomic mass is 10.0. The number of carbonyl (C=O) groups is 1.